The number of hydrogen-bond acceptors (Lipinski definition) is 3. The highest BCUT2D eigenvalue weighted by molar-refractivity contribution is 5.82. The maximum atomic E-state index is 11.3. The Morgan fingerprint density at radius 2 is 2.33 bits per heavy atom. The minimum atomic E-state index is -0.368. The van der Waals surface area contributed by atoms with Crippen LogP contribution in [-0.2, 0) is 4.79 Å². The minimum Gasteiger partial charge on any atom is -0.392 e. The molecule has 0 aromatic rings. The topological polar surface area (TPSA) is 61.4 Å². The van der Waals surface area contributed by atoms with Gasteiger partial charge in [0.2, 0.25) is 5.91 Å². The van der Waals surface area contributed by atoms with Crippen molar-refractivity contribution in [3.05, 3.63) is 0 Å². The predicted octanol–water partition coefficient (Wildman–Crippen LogP) is -0.766. The molecule has 0 spiro atoms. The summed E-state index contributed by atoms with van der Waals surface area (Å²) in [5.74, 6) is -0.0125. The van der Waals surface area contributed by atoms with Crippen LogP contribution in [0.15, 0.2) is 0 Å². The summed E-state index contributed by atoms with van der Waals surface area (Å²) in [6.07, 6.45) is 0.159. The molecule has 2 unspecified atom stereocenters. The molecular formula is C8H16N2O2. The Morgan fingerprint density at radius 1 is 1.67 bits per heavy atom. The molecule has 1 amide bonds. The number of hydrogen-bond donors (Lipinski definition) is 3. The molecule has 1 rings (SSSR count). The molecule has 0 aromatic carbocycles. The lowest BCUT2D eigenvalue weighted by Crippen LogP contribution is -2.43. The van der Waals surface area contributed by atoms with Crippen LogP contribution in [-0.4, -0.2) is 35.7 Å². The van der Waals surface area contributed by atoms with Crippen molar-refractivity contribution in [3.8, 4) is 0 Å². The molecule has 70 valence electrons. The van der Waals surface area contributed by atoms with Gasteiger partial charge in [-0.25, -0.2) is 0 Å². The molecule has 12 heavy (non-hydrogen) atoms. The second-order valence-electron chi connectivity index (χ2n) is 3.51. The molecule has 1 saturated heterocycles. The lowest BCUT2D eigenvalue weighted by molar-refractivity contribution is -0.123. The first-order valence-electron chi connectivity index (χ1n) is 4.31. The maximum Gasteiger partial charge on any atom is 0.237 e. The van der Waals surface area contributed by atoms with Gasteiger partial charge in [-0.05, 0) is 20.3 Å². The van der Waals surface area contributed by atoms with Crippen LogP contribution in [0.3, 0.4) is 0 Å². The van der Waals surface area contributed by atoms with E-state index in [2.05, 4.69) is 10.6 Å². The quantitative estimate of drug-likeness (QED) is 0.513. The van der Waals surface area contributed by atoms with E-state index in [4.69, 9.17) is 5.11 Å². The Hall–Kier alpha value is -0.610. The summed E-state index contributed by atoms with van der Waals surface area (Å²) in [6.45, 7) is 4.36. The fourth-order valence-corrected chi connectivity index (χ4v) is 1.30. The Morgan fingerprint density at radius 3 is 2.75 bits per heavy atom. The van der Waals surface area contributed by atoms with E-state index in [0.29, 0.717) is 13.0 Å². The first-order chi connectivity index (χ1) is 5.59. The van der Waals surface area contributed by atoms with Crippen molar-refractivity contribution in [2.45, 2.75) is 38.5 Å². The molecule has 4 nitrogen and oxygen atoms in total. The number of amides is 1. The summed E-state index contributed by atoms with van der Waals surface area (Å²) in [4.78, 5) is 11.3. The van der Waals surface area contributed by atoms with Crippen molar-refractivity contribution in [3.63, 3.8) is 0 Å². The molecule has 0 aromatic heterocycles. The average Bonchev–Trinajstić information content (AvgIpc) is 2.34. The molecule has 2 atom stereocenters. The van der Waals surface area contributed by atoms with E-state index in [1.54, 1.807) is 0 Å². The lowest BCUT2D eigenvalue weighted by atomic mass is 10.2. The van der Waals surface area contributed by atoms with E-state index in [9.17, 15) is 4.79 Å². The summed E-state index contributed by atoms with van der Waals surface area (Å²) in [5.41, 5.74) is 0. The van der Waals surface area contributed by atoms with E-state index in [1.165, 1.54) is 0 Å². The van der Waals surface area contributed by atoms with E-state index in [0.717, 1.165) is 0 Å². The highest BCUT2D eigenvalue weighted by Crippen LogP contribution is 2.05. The highest BCUT2D eigenvalue weighted by atomic mass is 16.3. The van der Waals surface area contributed by atoms with Gasteiger partial charge in [0.15, 0.2) is 0 Å². The summed E-state index contributed by atoms with van der Waals surface area (Å²) >= 11 is 0. The van der Waals surface area contributed by atoms with Crippen molar-refractivity contribution in [1.82, 2.24) is 10.6 Å². The average molecular weight is 172 g/mol. The van der Waals surface area contributed by atoms with Gasteiger partial charge in [0.1, 0.15) is 0 Å². The predicted molar refractivity (Wildman–Crippen MR) is 45.7 cm³/mol. The maximum absolute atomic E-state index is 11.3. The number of carbonyl (C=O) groups is 1. The van der Waals surface area contributed by atoms with Crippen molar-refractivity contribution in [1.29, 1.82) is 0 Å². The van der Waals surface area contributed by atoms with Crippen LogP contribution in [0.4, 0.5) is 0 Å². The summed E-state index contributed by atoms with van der Waals surface area (Å²) in [5, 5.41) is 14.9. The Kier molecular flexibility index (Phi) is 3.05. The van der Waals surface area contributed by atoms with Crippen LogP contribution < -0.4 is 10.6 Å². The fraction of sp³-hybridized carbons (Fsp3) is 0.875. The molecular weight excluding hydrogens is 156 g/mol. The molecule has 1 aliphatic heterocycles. The number of rotatable bonds is 2. The summed E-state index contributed by atoms with van der Waals surface area (Å²) in [6, 6.07) is -0.0422. The van der Waals surface area contributed by atoms with Gasteiger partial charge in [0.05, 0.1) is 12.1 Å². The van der Waals surface area contributed by atoms with Gasteiger partial charge < -0.3 is 15.7 Å². The van der Waals surface area contributed by atoms with Crippen molar-refractivity contribution in [2.24, 2.45) is 0 Å². The highest BCUT2D eigenvalue weighted by Gasteiger charge is 2.27. The van der Waals surface area contributed by atoms with Crippen molar-refractivity contribution in [2.75, 3.05) is 6.54 Å². The zero-order valence-electron chi connectivity index (χ0n) is 7.50. The van der Waals surface area contributed by atoms with E-state index in [-0.39, 0.29) is 24.1 Å². The van der Waals surface area contributed by atoms with Gasteiger partial charge in [0.25, 0.3) is 0 Å². The zero-order chi connectivity index (χ0) is 9.14. The van der Waals surface area contributed by atoms with E-state index in [1.807, 2.05) is 13.8 Å². The number of aliphatic hydroxyl groups is 1. The molecule has 0 aliphatic carbocycles. The van der Waals surface area contributed by atoms with Crippen LogP contribution in [0, 0.1) is 0 Å². The fourth-order valence-electron chi connectivity index (χ4n) is 1.30. The van der Waals surface area contributed by atoms with Gasteiger partial charge in [-0.3, -0.25) is 4.79 Å². The number of carbonyl (C=O) groups excluding carboxylic acids is 1. The third-order valence-electron chi connectivity index (χ3n) is 1.86. The first-order valence-corrected chi connectivity index (χ1v) is 4.31. The molecule has 3 N–H and O–H groups in total. The Labute approximate surface area is 72.3 Å². The van der Waals surface area contributed by atoms with Crippen molar-refractivity contribution >= 4 is 5.91 Å². The standard InChI is InChI=1S/C8H16N2O2/c1-5(2)10-8(12)7-3-6(11)4-9-7/h5-7,9,11H,3-4H2,1-2H3,(H,10,12). The number of aliphatic hydroxyl groups excluding tert-OH is 1. The summed E-state index contributed by atoms with van der Waals surface area (Å²) < 4.78 is 0. The molecule has 4 heteroatoms. The van der Waals surface area contributed by atoms with E-state index >= 15 is 0 Å². The van der Waals surface area contributed by atoms with Gasteiger partial charge >= 0.3 is 0 Å². The zero-order valence-corrected chi connectivity index (χ0v) is 7.50. The van der Waals surface area contributed by atoms with Gasteiger partial charge in [-0.15, -0.1) is 0 Å². The van der Waals surface area contributed by atoms with Crippen LogP contribution in [0.2, 0.25) is 0 Å². The number of nitrogens with one attached hydrogen (secondary N) is 2. The smallest absolute Gasteiger partial charge is 0.237 e. The molecule has 1 heterocycles. The molecule has 1 aliphatic rings. The van der Waals surface area contributed by atoms with Crippen LogP contribution in [0.1, 0.15) is 20.3 Å². The normalized spacial score (nSPS) is 29.3. The SMILES string of the molecule is CC(C)NC(=O)C1CC(O)CN1. The third-order valence-corrected chi connectivity index (χ3v) is 1.86. The van der Waals surface area contributed by atoms with Crippen molar-refractivity contribution < 1.29 is 9.90 Å². The first kappa shape index (κ1) is 9.48. The van der Waals surface area contributed by atoms with Gasteiger partial charge in [0, 0.05) is 12.6 Å². The molecule has 1 fully saturated rings. The third kappa shape index (κ3) is 2.46. The lowest BCUT2D eigenvalue weighted by Gasteiger charge is -2.13. The summed E-state index contributed by atoms with van der Waals surface area (Å²) in [7, 11) is 0. The van der Waals surface area contributed by atoms with E-state index < -0.39 is 0 Å². The Bertz CT molecular complexity index is 170. The van der Waals surface area contributed by atoms with Crippen LogP contribution in [0.5, 0.6) is 0 Å². The van der Waals surface area contributed by atoms with Gasteiger partial charge in [-0.1, -0.05) is 0 Å². The largest absolute Gasteiger partial charge is 0.392 e. The minimum absolute atomic E-state index is 0.0125. The van der Waals surface area contributed by atoms with Crippen LogP contribution in [0.25, 0.3) is 0 Å². The molecule has 0 radical (unpaired) electrons. The second-order valence-corrected chi connectivity index (χ2v) is 3.51. The van der Waals surface area contributed by atoms with Gasteiger partial charge in [-0.2, -0.15) is 0 Å². The molecule has 0 saturated carbocycles. The molecule has 0 bridgehead atoms. The van der Waals surface area contributed by atoms with Crippen LogP contribution >= 0.6 is 0 Å². The monoisotopic (exact) mass is 172 g/mol. The Balaban J connectivity index is 2.33. The second kappa shape index (κ2) is 3.87. The number of β-amino-alcohol motifs (C(OH)–C–C–N with tert-alkyl or cyclic N) is 1.